The Morgan fingerprint density at radius 1 is 1.50 bits per heavy atom. The predicted molar refractivity (Wildman–Crippen MR) is 79.5 cm³/mol. The molecule has 106 valence electrons. The van der Waals surface area contributed by atoms with Crippen LogP contribution in [0.3, 0.4) is 0 Å². The summed E-state index contributed by atoms with van der Waals surface area (Å²) in [6, 6.07) is 1.53. The lowest BCUT2D eigenvalue weighted by Gasteiger charge is -2.08. The molecule has 7 heteroatoms. The highest BCUT2D eigenvalue weighted by Crippen LogP contribution is 2.26. The first kappa shape index (κ1) is 14.3. The van der Waals surface area contributed by atoms with E-state index in [1.165, 1.54) is 30.7 Å². The van der Waals surface area contributed by atoms with E-state index in [1.54, 1.807) is 0 Å². The number of esters is 1. The number of methoxy groups -OCH3 is 1. The Hall–Kier alpha value is -2.15. The third-order valence-corrected chi connectivity index (χ3v) is 3.43. The second kappa shape index (κ2) is 5.87. The Morgan fingerprint density at radius 3 is 2.85 bits per heavy atom. The maximum absolute atomic E-state index is 11.7. The monoisotopic (exact) mass is 292 g/mol. The highest BCUT2D eigenvalue weighted by Gasteiger charge is 2.15. The number of nitrogens with zero attached hydrogens (tertiary/aromatic N) is 2. The van der Waals surface area contributed by atoms with Gasteiger partial charge in [0, 0.05) is 5.38 Å². The molecule has 0 aromatic carbocycles. The first-order chi connectivity index (χ1) is 9.51. The number of aromatic nitrogens is 2. The highest BCUT2D eigenvalue weighted by atomic mass is 32.1. The Bertz CT molecular complexity index is 625. The summed E-state index contributed by atoms with van der Waals surface area (Å²) in [5.41, 5.74) is 7.33. The number of carbonyl (C=O) groups is 1. The summed E-state index contributed by atoms with van der Waals surface area (Å²) in [5, 5.41) is 5.68. The minimum Gasteiger partial charge on any atom is -0.465 e. The van der Waals surface area contributed by atoms with Crippen LogP contribution in [0.4, 0.5) is 16.6 Å². The molecule has 0 saturated carbocycles. The van der Waals surface area contributed by atoms with E-state index < -0.39 is 5.97 Å². The number of nitrogens with two attached hydrogens (primary N) is 1. The van der Waals surface area contributed by atoms with E-state index in [0.29, 0.717) is 22.6 Å². The Labute approximate surface area is 121 Å². The van der Waals surface area contributed by atoms with Gasteiger partial charge in [0.05, 0.1) is 24.7 Å². The van der Waals surface area contributed by atoms with Crippen LogP contribution in [0.25, 0.3) is 0 Å². The lowest BCUT2D eigenvalue weighted by molar-refractivity contribution is 0.0601. The number of pyridine rings is 1. The zero-order valence-corrected chi connectivity index (χ0v) is 12.3. The van der Waals surface area contributed by atoms with Crippen molar-refractivity contribution in [1.82, 2.24) is 9.97 Å². The first-order valence-electron chi connectivity index (χ1n) is 6.07. The van der Waals surface area contributed by atoms with Crippen LogP contribution in [0.2, 0.25) is 0 Å². The molecular formula is C13H16N4O2S. The summed E-state index contributed by atoms with van der Waals surface area (Å²) >= 11 is 1.46. The maximum Gasteiger partial charge on any atom is 0.341 e. The lowest BCUT2D eigenvalue weighted by Crippen LogP contribution is -2.08. The summed E-state index contributed by atoms with van der Waals surface area (Å²) in [5.74, 6) is 0.241. The molecule has 20 heavy (non-hydrogen) atoms. The fourth-order valence-electron chi connectivity index (χ4n) is 1.56. The molecule has 2 heterocycles. The van der Waals surface area contributed by atoms with Crippen LogP contribution >= 0.6 is 11.3 Å². The zero-order chi connectivity index (χ0) is 14.7. The number of rotatable bonds is 4. The molecule has 2 aromatic rings. The van der Waals surface area contributed by atoms with Crippen LogP contribution in [-0.4, -0.2) is 23.0 Å². The topological polar surface area (TPSA) is 90.1 Å². The van der Waals surface area contributed by atoms with Gasteiger partial charge in [-0.25, -0.2) is 14.8 Å². The third kappa shape index (κ3) is 3.05. The van der Waals surface area contributed by atoms with Gasteiger partial charge >= 0.3 is 5.97 Å². The van der Waals surface area contributed by atoms with Gasteiger partial charge in [-0.3, -0.25) is 0 Å². The number of ether oxygens (including phenoxy) is 1. The smallest absolute Gasteiger partial charge is 0.341 e. The fourth-order valence-corrected chi connectivity index (χ4v) is 2.43. The van der Waals surface area contributed by atoms with Gasteiger partial charge in [-0.2, -0.15) is 0 Å². The van der Waals surface area contributed by atoms with E-state index >= 15 is 0 Å². The molecule has 0 saturated heterocycles. The van der Waals surface area contributed by atoms with Crippen LogP contribution in [0.15, 0.2) is 17.6 Å². The van der Waals surface area contributed by atoms with Crippen LogP contribution in [0.5, 0.6) is 0 Å². The van der Waals surface area contributed by atoms with E-state index in [4.69, 9.17) is 10.5 Å². The molecule has 0 fully saturated rings. The van der Waals surface area contributed by atoms with Gasteiger partial charge in [-0.05, 0) is 12.0 Å². The van der Waals surface area contributed by atoms with Crippen LogP contribution in [0, 0.1) is 0 Å². The van der Waals surface area contributed by atoms with Gasteiger partial charge in [0.1, 0.15) is 11.4 Å². The molecule has 0 spiro atoms. The molecule has 0 atom stereocenters. The number of thiazole rings is 1. The average molecular weight is 292 g/mol. The summed E-state index contributed by atoms with van der Waals surface area (Å²) in [4.78, 5) is 20.3. The fraction of sp³-hybridized carbons (Fsp3) is 0.308. The molecule has 0 aliphatic carbocycles. The van der Waals surface area contributed by atoms with Gasteiger partial charge in [0.2, 0.25) is 0 Å². The zero-order valence-electron chi connectivity index (χ0n) is 11.5. The second-order valence-corrected chi connectivity index (χ2v) is 5.37. The van der Waals surface area contributed by atoms with Crippen LogP contribution < -0.4 is 11.1 Å². The standard InChI is InChI=1S/C13H16N4O2S/c1-7(2)10-6-20-13(16-10)17-11-9(12(18)19-3)4-8(14)5-15-11/h4-7H,14H2,1-3H3,(H,15,16,17). The van der Waals surface area contributed by atoms with Crippen molar-refractivity contribution in [3.8, 4) is 0 Å². The van der Waals surface area contributed by atoms with Crippen LogP contribution in [0.1, 0.15) is 35.8 Å². The van der Waals surface area contributed by atoms with Crippen molar-refractivity contribution in [3.05, 3.63) is 28.9 Å². The van der Waals surface area contributed by atoms with Crippen molar-refractivity contribution in [2.75, 3.05) is 18.2 Å². The van der Waals surface area contributed by atoms with E-state index in [9.17, 15) is 4.79 Å². The number of hydrogen-bond donors (Lipinski definition) is 2. The summed E-state index contributed by atoms with van der Waals surface area (Å²) in [6.45, 7) is 4.14. The van der Waals surface area contributed by atoms with Crippen molar-refractivity contribution in [1.29, 1.82) is 0 Å². The summed E-state index contributed by atoms with van der Waals surface area (Å²) in [7, 11) is 1.32. The van der Waals surface area contributed by atoms with E-state index in [0.717, 1.165) is 5.69 Å². The minimum absolute atomic E-state index is 0.286. The molecule has 0 bridgehead atoms. The van der Waals surface area contributed by atoms with E-state index in [1.807, 2.05) is 5.38 Å². The molecule has 2 aromatic heterocycles. The van der Waals surface area contributed by atoms with Crippen molar-refractivity contribution in [3.63, 3.8) is 0 Å². The van der Waals surface area contributed by atoms with Crippen molar-refractivity contribution in [2.45, 2.75) is 19.8 Å². The van der Waals surface area contributed by atoms with Crippen molar-refractivity contribution >= 4 is 33.9 Å². The number of hydrogen-bond acceptors (Lipinski definition) is 7. The molecule has 0 radical (unpaired) electrons. The molecule has 0 amide bonds. The number of nitrogen functional groups attached to an aromatic ring is 1. The minimum atomic E-state index is -0.493. The van der Waals surface area contributed by atoms with Crippen molar-refractivity contribution in [2.24, 2.45) is 0 Å². The Morgan fingerprint density at radius 2 is 2.25 bits per heavy atom. The largest absolute Gasteiger partial charge is 0.465 e. The lowest BCUT2D eigenvalue weighted by atomic mass is 10.2. The first-order valence-corrected chi connectivity index (χ1v) is 6.95. The molecule has 6 nitrogen and oxygen atoms in total. The molecule has 2 rings (SSSR count). The Balaban J connectivity index is 2.30. The average Bonchev–Trinajstić information content (AvgIpc) is 2.88. The molecular weight excluding hydrogens is 276 g/mol. The van der Waals surface area contributed by atoms with Gasteiger partial charge < -0.3 is 15.8 Å². The number of carbonyl (C=O) groups excluding carboxylic acids is 1. The van der Waals surface area contributed by atoms with Gasteiger partial charge in [0.25, 0.3) is 0 Å². The Kier molecular flexibility index (Phi) is 4.19. The molecule has 0 aliphatic rings. The maximum atomic E-state index is 11.7. The SMILES string of the molecule is COC(=O)c1cc(N)cnc1Nc1nc(C(C)C)cs1. The van der Waals surface area contributed by atoms with E-state index in [2.05, 4.69) is 29.1 Å². The van der Waals surface area contributed by atoms with Crippen LogP contribution in [-0.2, 0) is 4.74 Å². The number of anilines is 3. The second-order valence-electron chi connectivity index (χ2n) is 4.51. The molecule has 0 aliphatic heterocycles. The van der Waals surface area contributed by atoms with Crippen molar-refractivity contribution < 1.29 is 9.53 Å². The normalized spacial score (nSPS) is 10.6. The number of nitrogens with one attached hydrogen (secondary N) is 1. The predicted octanol–water partition coefficient (Wildman–Crippen LogP) is 2.77. The summed E-state index contributed by atoms with van der Waals surface area (Å²) < 4.78 is 4.72. The van der Waals surface area contributed by atoms with Gasteiger partial charge in [-0.15, -0.1) is 11.3 Å². The third-order valence-electron chi connectivity index (χ3n) is 2.65. The van der Waals surface area contributed by atoms with Gasteiger partial charge in [-0.1, -0.05) is 13.8 Å². The van der Waals surface area contributed by atoms with Gasteiger partial charge in [0.15, 0.2) is 5.13 Å². The molecule has 3 N–H and O–H groups in total. The quantitative estimate of drug-likeness (QED) is 0.842. The molecule has 0 unspecified atom stereocenters. The highest BCUT2D eigenvalue weighted by molar-refractivity contribution is 7.13. The van der Waals surface area contributed by atoms with E-state index in [-0.39, 0.29) is 5.56 Å². The summed E-state index contributed by atoms with van der Waals surface area (Å²) in [6.07, 6.45) is 1.48.